The second kappa shape index (κ2) is 6.36. The van der Waals surface area contributed by atoms with E-state index in [1.807, 2.05) is 0 Å². The number of H-pyrrole nitrogens is 1. The number of likely N-dealkylation sites (N-methyl/N-ethyl adjacent to an activating group) is 1. The van der Waals surface area contributed by atoms with Crippen molar-refractivity contribution in [2.24, 2.45) is 0 Å². The molecule has 0 spiro atoms. The maximum atomic E-state index is 12.1. The van der Waals surface area contributed by atoms with Crippen LogP contribution < -0.4 is 0 Å². The predicted octanol–water partition coefficient (Wildman–Crippen LogP) is 0.749. The Labute approximate surface area is 116 Å². The minimum atomic E-state index is -0.725. The van der Waals surface area contributed by atoms with Gasteiger partial charge in [0.15, 0.2) is 11.5 Å². The number of nitrogens with zero attached hydrogens (tertiary/aromatic N) is 2. The van der Waals surface area contributed by atoms with Crippen LogP contribution in [0.1, 0.15) is 10.5 Å². The Bertz CT molecular complexity index is 550. The summed E-state index contributed by atoms with van der Waals surface area (Å²) in [5.41, 5.74) is 0.896. The van der Waals surface area contributed by atoms with E-state index in [1.165, 1.54) is 12.0 Å². The van der Waals surface area contributed by atoms with Gasteiger partial charge in [-0.05, 0) is 12.1 Å². The normalized spacial score (nSPS) is 12.3. The van der Waals surface area contributed by atoms with Gasteiger partial charge in [0.25, 0.3) is 5.91 Å². The number of carbonyl (C=O) groups excluding carboxylic acids is 1. The number of carbonyl (C=O) groups is 1. The van der Waals surface area contributed by atoms with Gasteiger partial charge in [-0.3, -0.25) is 9.89 Å². The quantitative estimate of drug-likeness (QED) is 0.814. The highest BCUT2D eigenvalue weighted by Crippen LogP contribution is 2.18. The van der Waals surface area contributed by atoms with Crippen LogP contribution in [0.4, 0.5) is 0 Å². The minimum absolute atomic E-state index is 0.176. The van der Waals surface area contributed by atoms with Gasteiger partial charge in [-0.1, -0.05) is 0 Å². The van der Waals surface area contributed by atoms with Gasteiger partial charge in [0.05, 0.1) is 19.0 Å². The van der Waals surface area contributed by atoms with Crippen molar-refractivity contribution in [3.05, 3.63) is 30.2 Å². The van der Waals surface area contributed by atoms with Crippen molar-refractivity contribution in [2.45, 2.75) is 6.10 Å². The second-order valence-corrected chi connectivity index (χ2v) is 4.44. The van der Waals surface area contributed by atoms with Crippen molar-refractivity contribution in [2.75, 3.05) is 27.3 Å². The number of furan rings is 1. The fraction of sp³-hybridized carbons (Fsp3) is 0.385. The molecule has 0 aromatic carbocycles. The summed E-state index contributed by atoms with van der Waals surface area (Å²) in [6.07, 6.45) is 0.822. The smallest absolute Gasteiger partial charge is 0.274 e. The van der Waals surface area contributed by atoms with E-state index in [-0.39, 0.29) is 24.8 Å². The van der Waals surface area contributed by atoms with Gasteiger partial charge in [0.1, 0.15) is 5.69 Å². The number of aliphatic hydroxyl groups excluding tert-OH is 1. The van der Waals surface area contributed by atoms with Crippen molar-refractivity contribution >= 4 is 5.91 Å². The Hall–Kier alpha value is -2.12. The van der Waals surface area contributed by atoms with Crippen LogP contribution in [0.25, 0.3) is 11.5 Å². The van der Waals surface area contributed by atoms with Gasteiger partial charge in [0.2, 0.25) is 0 Å². The highest BCUT2D eigenvalue weighted by atomic mass is 16.5. The molecule has 2 heterocycles. The number of aromatic nitrogens is 2. The molecule has 7 heteroatoms. The standard InChI is InChI=1S/C13H17N3O4/c1-16(7-9(17)8-19-2)13(18)11-6-10(14-15-11)12-4-3-5-20-12/h3-6,9,17H,7-8H2,1-2H3,(H,14,15). The van der Waals surface area contributed by atoms with Crippen molar-refractivity contribution in [1.29, 1.82) is 0 Å². The van der Waals surface area contributed by atoms with E-state index in [2.05, 4.69) is 10.2 Å². The van der Waals surface area contributed by atoms with Crippen molar-refractivity contribution < 1.29 is 19.1 Å². The number of aromatic amines is 1. The lowest BCUT2D eigenvalue weighted by molar-refractivity contribution is 0.0378. The van der Waals surface area contributed by atoms with Gasteiger partial charge < -0.3 is 19.2 Å². The number of ether oxygens (including phenoxy) is 1. The number of amides is 1. The molecule has 7 nitrogen and oxygen atoms in total. The summed E-state index contributed by atoms with van der Waals surface area (Å²) < 4.78 is 10.0. The maximum Gasteiger partial charge on any atom is 0.274 e. The average molecular weight is 279 g/mol. The van der Waals surface area contributed by atoms with E-state index in [0.717, 1.165) is 0 Å². The van der Waals surface area contributed by atoms with E-state index in [0.29, 0.717) is 11.5 Å². The van der Waals surface area contributed by atoms with Crippen LogP contribution in [0.3, 0.4) is 0 Å². The Morgan fingerprint density at radius 1 is 1.65 bits per heavy atom. The Balaban J connectivity index is 2.02. The number of nitrogens with one attached hydrogen (secondary N) is 1. The topological polar surface area (TPSA) is 91.6 Å². The summed E-state index contributed by atoms with van der Waals surface area (Å²) in [7, 11) is 3.09. The average Bonchev–Trinajstić information content (AvgIpc) is 3.08. The van der Waals surface area contributed by atoms with E-state index < -0.39 is 6.10 Å². The molecule has 108 valence electrons. The van der Waals surface area contributed by atoms with Crippen molar-refractivity contribution in [3.8, 4) is 11.5 Å². The van der Waals surface area contributed by atoms with Gasteiger partial charge in [0, 0.05) is 26.8 Å². The zero-order chi connectivity index (χ0) is 14.5. The molecule has 20 heavy (non-hydrogen) atoms. The van der Waals surface area contributed by atoms with Gasteiger partial charge in [-0.15, -0.1) is 0 Å². The summed E-state index contributed by atoms with van der Waals surface area (Å²) in [6.45, 7) is 0.353. The fourth-order valence-electron chi connectivity index (χ4n) is 1.83. The predicted molar refractivity (Wildman–Crippen MR) is 71.1 cm³/mol. The SMILES string of the molecule is COCC(O)CN(C)C(=O)c1cc(-c2ccco2)[nH]n1. The monoisotopic (exact) mass is 279 g/mol. The Kier molecular flexibility index (Phi) is 4.54. The zero-order valence-electron chi connectivity index (χ0n) is 11.4. The summed E-state index contributed by atoms with van der Waals surface area (Å²) in [4.78, 5) is 13.5. The van der Waals surface area contributed by atoms with Crippen molar-refractivity contribution in [3.63, 3.8) is 0 Å². The molecule has 0 saturated heterocycles. The molecule has 1 atom stereocenters. The third kappa shape index (κ3) is 3.25. The van der Waals surface area contributed by atoms with Gasteiger partial charge >= 0.3 is 0 Å². The highest BCUT2D eigenvalue weighted by molar-refractivity contribution is 5.93. The number of hydrogen-bond donors (Lipinski definition) is 2. The van der Waals surface area contributed by atoms with Crippen LogP contribution in [0, 0.1) is 0 Å². The van der Waals surface area contributed by atoms with Crippen LogP contribution in [0.2, 0.25) is 0 Å². The lowest BCUT2D eigenvalue weighted by atomic mass is 10.2. The maximum absolute atomic E-state index is 12.1. The first-order valence-corrected chi connectivity index (χ1v) is 6.13. The van der Waals surface area contributed by atoms with Crippen molar-refractivity contribution in [1.82, 2.24) is 15.1 Å². The highest BCUT2D eigenvalue weighted by Gasteiger charge is 2.19. The largest absolute Gasteiger partial charge is 0.463 e. The molecule has 2 aromatic heterocycles. The third-order valence-corrected chi connectivity index (χ3v) is 2.77. The molecule has 1 unspecified atom stereocenters. The number of hydrogen-bond acceptors (Lipinski definition) is 5. The number of methoxy groups -OCH3 is 1. The summed E-state index contributed by atoms with van der Waals surface area (Å²) in [5.74, 6) is 0.327. The molecular formula is C13H17N3O4. The molecule has 0 radical (unpaired) electrons. The first-order chi connectivity index (χ1) is 9.61. The Morgan fingerprint density at radius 3 is 3.10 bits per heavy atom. The van der Waals surface area contributed by atoms with Gasteiger partial charge in [-0.2, -0.15) is 5.10 Å². The summed E-state index contributed by atoms with van der Waals surface area (Å²) in [5, 5.41) is 16.3. The molecule has 0 aliphatic carbocycles. The van der Waals surface area contributed by atoms with Crippen LogP contribution in [0.5, 0.6) is 0 Å². The fourth-order valence-corrected chi connectivity index (χ4v) is 1.83. The van der Waals surface area contributed by atoms with E-state index >= 15 is 0 Å². The van der Waals surface area contributed by atoms with Gasteiger partial charge in [-0.25, -0.2) is 0 Å². The number of aliphatic hydroxyl groups is 1. The van der Waals surface area contributed by atoms with E-state index in [1.54, 1.807) is 31.5 Å². The lowest BCUT2D eigenvalue weighted by Gasteiger charge is -2.19. The Morgan fingerprint density at radius 2 is 2.45 bits per heavy atom. The molecule has 0 bridgehead atoms. The first-order valence-electron chi connectivity index (χ1n) is 6.13. The second-order valence-electron chi connectivity index (χ2n) is 4.44. The van der Waals surface area contributed by atoms with Crippen LogP contribution in [0.15, 0.2) is 28.9 Å². The van der Waals surface area contributed by atoms with Crippen LogP contribution in [-0.2, 0) is 4.74 Å². The van der Waals surface area contributed by atoms with Crippen LogP contribution >= 0.6 is 0 Å². The number of rotatable bonds is 6. The molecule has 0 aliphatic heterocycles. The molecule has 0 saturated carbocycles. The summed E-state index contributed by atoms with van der Waals surface area (Å²) in [6, 6.07) is 5.14. The minimum Gasteiger partial charge on any atom is -0.463 e. The zero-order valence-corrected chi connectivity index (χ0v) is 11.4. The first kappa shape index (κ1) is 14.3. The molecule has 1 amide bonds. The van der Waals surface area contributed by atoms with E-state index in [4.69, 9.17) is 9.15 Å². The van der Waals surface area contributed by atoms with Crippen LogP contribution in [-0.4, -0.2) is 59.5 Å². The molecule has 0 fully saturated rings. The molecule has 2 aromatic rings. The molecule has 2 rings (SSSR count). The summed E-state index contributed by atoms with van der Waals surface area (Å²) >= 11 is 0. The lowest BCUT2D eigenvalue weighted by Crippen LogP contribution is -2.36. The molecule has 2 N–H and O–H groups in total. The third-order valence-electron chi connectivity index (χ3n) is 2.77. The van der Waals surface area contributed by atoms with E-state index in [9.17, 15) is 9.90 Å². The molecule has 0 aliphatic rings. The molecular weight excluding hydrogens is 262 g/mol.